The van der Waals surface area contributed by atoms with Crippen LogP contribution < -0.4 is 4.72 Å². The molecule has 0 spiro atoms. The zero-order valence-electron chi connectivity index (χ0n) is 15.4. The maximum atomic E-state index is 12.3. The molecule has 146 valence electrons. The molecule has 0 bridgehead atoms. The summed E-state index contributed by atoms with van der Waals surface area (Å²) in [6, 6.07) is 9.70. The van der Waals surface area contributed by atoms with Crippen molar-refractivity contribution in [2.75, 3.05) is 39.7 Å². The molecule has 0 aliphatic carbocycles. The fraction of sp³-hybridized carbons (Fsp3) is 0.611. The number of nitrogens with zero attached hydrogens (tertiary/aromatic N) is 1. The summed E-state index contributed by atoms with van der Waals surface area (Å²) in [7, 11) is -1.73. The van der Waals surface area contributed by atoms with E-state index in [4.69, 9.17) is 9.47 Å². The van der Waals surface area contributed by atoms with Crippen LogP contribution in [-0.2, 0) is 30.9 Å². The van der Waals surface area contributed by atoms with Crippen molar-refractivity contribution in [2.24, 2.45) is 0 Å². The Labute approximate surface area is 155 Å². The number of nitrogens with one attached hydrogen (secondary N) is 1. The highest BCUT2D eigenvalue weighted by Gasteiger charge is 2.37. The standard InChI is InChI=1S/C18H28N2O5S/c1-24-13-10-18(19-26(2,22)23)8-11-20(12-9-18)17(21)15-25-14-16-6-4-3-5-7-16/h3-7,19H,8-15H2,1-2H3. The third kappa shape index (κ3) is 6.68. The number of hydrogen-bond acceptors (Lipinski definition) is 5. The number of benzene rings is 1. The number of carbonyl (C=O) groups excluding carboxylic acids is 1. The summed E-state index contributed by atoms with van der Waals surface area (Å²) in [4.78, 5) is 14.1. The van der Waals surface area contributed by atoms with Gasteiger partial charge in [0.15, 0.2) is 0 Å². The van der Waals surface area contributed by atoms with Gasteiger partial charge < -0.3 is 14.4 Å². The zero-order chi connectivity index (χ0) is 19.0. The lowest BCUT2D eigenvalue weighted by Crippen LogP contribution is -2.56. The first-order valence-electron chi connectivity index (χ1n) is 8.71. The van der Waals surface area contributed by atoms with Gasteiger partial charge in [0, 0.05) is 32.3 Å². The smallest absolute Gasteiger partial charge is 0.248 e. The number of rotatable bonds is 9. The van der Waals surface area contributed by atoms with Crippen LogP contribution >= 0.6 is 0 Å². The van der Waals surface area contributed by atoms with Crippen LogP contribution in [0.25, 0.3) is 0 Å². The molecule has 7 nitrogen and oxygen atoms in total. The van der Waals surface area contributed by atoms with E-state index in [0.717, 1.165) is 11.8 Å². The Morgan fingerprint density at radius 1 is 1.23 bits per heavy atom. The van der Waals surface area contributed by atoms with E-state index in [1.54, 1.807) is 12.0 Å². The lowest BCUT2D eigenvalue weighted by atomic mass is 9.85. The van der Waals surface area contributed by atoms with Gasteiger partial charge in [-0.2, -0.15) is 0 Å². The Hall–Kier alpha value is -1.48. The number of methoxy groups -OCH3 is 1. The van der Waals surface area contributed by atoms with Crippen LogP contribution in [0, 0.1) is 0 Å². The number of amides is 1. The van der Waals surface area contributed by atoms with E-state index in [1.807, 2.05) is 30.3 Å². The molecular formula is C18H28N2O5S. The molecule has 0 unspecified atom stereocenters. The molecule has 1 saturated heterocycles. The number of piperidine rings is 1. The quantitative estimate of drug-likeness (QED) is 0.690. The van der Waals surface area contributed by atoms with Gasteiger partial charge in [-0.1, -0.05) is 30.3 Å². The number of likely N-dealkylation sites (tertiary alicyclic amines) is 1. The first-order valence-corrected chi connectivity index (χ1v) is 10.6. The van der Waals surface area contributed by atoms with Crippen molar-refractivity contribution in [1.82, 2.24) is 9.62 Å². The average molecular weight is 384 g/mol. The third-order valence-electron chi connectivity index (χ3n) is 4.60. The van der Waals surface area contributed by atoms with Crippen molar-refractivity contribution in [2.45, 2.75) is 31.4 Å². The summed E-state index contributed by atoms with van der Waals surface area (Å²) in [5, 5.41) is 0. The normalized spacial score (nSPS) is 17.2. The first kappa shape index (κ1) is 20.8. The number of hydrogen-bond donors (Lipinski definition) is 1. The molecule has 1 N–H and O–H groups in total. The monoisotopic (exact) mass is 384 g/mol. The maximum Gasteiger partial charge on any atom is 0.248 e. The highest BCUT2D eigenvalue weighted by molar-refractivity contribution is 7.88. The summed E-state index contributed by atoms with van der Waals surface area (Å²) < 4.78 is 36.8. The lowest BCUT2D eigenvalue weighted by Gasteiger charge is -2.41. The predicted octanol–water partition coefficient (Wildman–Crippen LogP) is 1.15. The first-order chi connectivity index (χ1) is 12.3. The number of carbonyl (C=O) groups is 1. The van der Waals surface area contributed by atoms with E-state index in [9.17, 15) is 13.2 Å². The Morgan fingerprint density at radius 3 is 2.46 bits per heavy atom. The average Bonchev–Trinajstić information content (AvgIpc) is 2.60. The van der Waals surface area contributed by atoms with Gasteiger partial charge in [-0.3, -0.25) is 4.79 Å². The van der Waals surface area contributed by atoms with Gasteiger partial charge in [0.05, 0.1) is 12.9 Å². The Morgan fingerprint density at radius 2 is 1.88 bits per heavy atom. The summed E-state index contributed by atoms with van der Waals surface area (Å²) in [6.07, 6.45) is 2.88. The minimum atomic E-state index is -3.33. The number of sulfonamides is 1. The van der Waals surface area contributed by atoms with Crippen molar-refractivity contribution < 1.29 is 22.7 Å². The molecule has 26 heavy (non-hydrogen) atoms. The highest BCUT2D eigenvalue weighted by Crippen LogP contribution is 2.27. The predicted molar refractivity (Wildman–Crippen MR) is 99.1 cm³/mol. The van der Waals surface area contributed by atoms with Gasteiger partial charge in [0.2, 0.25) is 15.9 Å². The van der Waals surface area contributed by atoms with Crippen molar-refractivity contribution in [3.63, 3.8) is 0 Å². The minimum Gasteiger partial charge on any atom is -0.385 e. The molecule has 0 atom stereocenters. The lowest BCUT2D eigenvalue weighted by molar-refractivity contribution is -0.138. The van der Waals surface area contributed by atoms with Crippen LogP contribution in [0.4, 0.5) is 0 Å². The molecule has 0 radical (unpaired) electrons. The van der Waals surface area contributed by atoms with Crippen LogP contribution in [0.15, 0.2) is 30.3 Å². The topological polar surface area (TPSA) is 84.9 Å². The highest BCUT2D eigenvalue weighted by atomic mass is 32.2. The van der Waals surface area contributed by atoms with Gasteiger partial charge in [-0.15, -0.1) is 0 Å². The summed E-state index contributed by atoms with van der Waals surface area (Å²) >= 11 is 0. The molecule has 1 amide bonds. The second kappa shape index (κ2) is 9.45. The van der Waals surface area contributed by atoms with E-state index >= 15 is 0 Å². The van der Waals surface area contributed by atoms with Gasteiger partial charge in [0.25, 0.3) is 0 Å². The van der Waals surface area contributed by atoms with Gasteiger partial charge in [-0.25, -0.2) is 13.1 Å². The summed E-state index contributed by atoms with van der Waals surface area (Å²) in [6.45, 7) is 1.89. The van der Waals surface area contributed by atoms with Crippen LogP contribution in [0.5, 0.6) is 0 Å². The van der Waals surface area contributed by atoms with E-state index in [2.05, 4.69) is 4.72 Å². The fourth-order valence-corrected chi connectivity index (χ4v) is 4.29. The van der Waals surface area contributed by atoms with Crippen LogP contribution in [0.3, 0.4) is 0 Å². The van der Waals surface area contributed by atoms with E-state index in [0.29, 0.717) is 45.6 Å². The minimum absolute atomic E-state index is 0.0273. The fourth-order valence-electron chi connectivity index (χ4n) is 3.20. The Kier molecular flexibility index (Phi) is 7.57. The van der Waals surface area contributed by atoms with Crippen molar-refractivity contribution in [3.8, 4) is 0 Å². The van der Waals surface area contributed by atoms with Crippen molar-refractivity contribution >= 4 is 15.9 Å². The molecule has 1 aliphatic rings. The number of ether oxygens (including phenoxy) is 2. The summed E-state index contributed by atoms with van der Waals surface area (Å²) in [5.74, 6) is -0.0689. The second-order valence-electron chi connectivity index (χ2n) is 6.76. The van der Waals surface area contributed by atoms with E-state index in [1.165, 1.54) is 0 Å². The van der Waals surface area contributed by atoms with Gasteiger partial charge in [0.1, 0.15) is 6.61 Å². The second-order valence-corrected chi connectivity index (χ2v) is 8.50. The molecule has 0 saturated carbocycles. The third-order valence-corrected chi connectivity index (χ3v) is 5.40. The molecule has 2 rings (SSSR count). The molecule has 8 heteroatoms. The zero-order valence-corrected chi connectivity index (χ0v) is 16.3. The largest absolute Gasteiger partial charge is 0.385 e. The van der Waals surface area contributed by atoms with Crippen LogP contribution in [-0.4, -0.2) is 64.4 Å². The Bertz CT molecular complexity index is 670. The summed E-state index contributed by atoms with van der Waals surface area (Å²) in [5.41, 5.74) is 0.473. The molecule has 1 heterocycles. The van der Waals surface area contributed by atoms with E-state index in [-0.39, 0.29) is 12.5 Å². The molecule has 1 aromatic rings. The van der Waals surface area contributed by atoms with Gasteiger partial charge >= 0.3 is 0 Å². The van der Waals surface area contributed by atoms with Crippen molar-refractivity contribution in [1.29, 1.82) is 0 Å². The Balaban J connectivity index is 1.83. The molecule has 1 aromatic carbocycles. The molecule has 1 aliphatic heterocycles. The molecule has 1 fully saturated rings. The molecular weight excluding hydrogens is 356 g/mol. The maximum absolute atomic E-state index is 12.3. The van der Waals surface area contributed by atoms with Crippen LogP contribution in [0.1, 0.15) is 24.8 Å². The van der Waals surface area contributed by atoms with Gasteiger partial charge in [-0.05, 0) is 24.8 Å². The SMILES string of the molecule is COCCC1(NS(C)(=O)=O)CCN(C(=O)COCc2ccccc2)CC1. The van der Waals surface area contributed by atoms with E-state index < -0.39 is 15.6 Å². The molecule has 0 aromatic heterocycles. The van der Waals surface area contributed by atoms with Crippen LogP contribution in [0.2, 0.25) is 0 Å². The van der Waals surface area contributed by atoms with Crippen molar-refractivity contribution in [3.05, 3.63) is 35.9 Å².